The van der Waals surface area contributed by atoms with Gasteiger partial charge in [0.25, 0.3) is 0 Å². The number of hydrogen-bond acceptors (Lipinski definition) is 3. The monoisotopic (exact) mass is 192 g/mol. The van der Waals surface area contributed by atoms with Gasteiger partial charge in [-0.3, -0.25) is 0 Å². The molecule has 0 unspecified atom stereocenters. The zero-order valence-corrected chi connectivity index (χ0v) is 8.90. The van der Waals surface area contributed by atoms with Crippen LogP contribution in [0.25, 0.3) is 0 Å². The molecule has 1 N–H and O–H groups in total. The predicted octanol–water partition coefficient (Wildman–Crippen LogP) is 1.77. The highest BCUT2D eigenvalue weighted by Crippen LogP contribution is 2.02. The lowest BCUT2D eigenvalue weighted by Gasteiger charge is -2.05. The van der Waals surface area contributed by atoms with Crippen molar-refractivity contribution in [1.29, 1.82) is 0 Å². The number of ether oxygens (including phenoxy) is 1. The highest BCUT2D eigenvalue weighted by molar-refractivity contribution is 7.99. The van der Waals surface area contributed by atoms with Gasteiger partial charge in [0.15, 0.2) is 0 Å². The lowest BCUT2D eigenvalue weighted by molar-refractivity contribution is 0.124. The number of aliphatic hydroxyl groups excluding tert-OH is 1. The summed E-state index contributed by atoms with van der Waals surface area (Å²) in [5.74, 6) is 2.72. The molecular weight excluding hydrogens is 172 g/mol. The smallest absolute Gasteiger partial charge is 0.0556 e. The summed E-state index contributed by atoms with van der Waals surface area (Å²) in [6.45, 7) is 6.31. The summed E-state index contributed by atoms with van der Waals surface area (Å²) >= 11 is 1.84. The Hall–Kier alpha value is 0.270. The Morgan fingerprint density at radius 2 is 2.08 bits per heavy atom. The summed E-state index contributed by atoms with van der Waals surface area (Å²) < 4.78 is 5.39. The average molecular weight is 192 g/mol. The molecule has 74 valence electrons. The van der Waals surface area contributed by atoms with E-state index in [0.717, 1.165) is 31.1 Å². The maximum Gasteiger partial charge on any atom is 0.0556 e. The van der Waals surface area contributed by atoms with Crippen molar-refractivity contribution >= 4 is 11.8 Å². The molecule has 0 saturated carbocycles. The van der Waals surface area contributed by atoms with Crippen molar-refractivity contribution < 1.29 is 9.84 Å². The summed E-state index contributed by atoms with van der Waals surface area (Å²) in [6.07, 6.45) is 0.898. The van der Waals surface area contributed by atoms with Crippen molar-refractivity contribution in [2.75, 3.05) is 31.3 Å². The van der Waals surface area contributed by atoms with Crippen LogP contribution in [0.3, 0.4) is 0 Å². The third kappa shape index (κ3) is 10.3. The molecule has 0 atom stereocenters. The molecule has 0 heterocycles. The molecule has 2 nitrogen and oxygen atoms in total. The molecule has 0 saturated heterocycles. The van der Waals surface area contributed by atoms with Gasteiger partial charge in [0.1, 0.15) is 0 Å². The Bertz CT molecular complexity index is 86.6. The maximum absolute atomic E-state index is 8.50. The van der Waals surface area contributed by atoms with Crippen LogP contribution in [0.5, 0.6) is 0 Å². The Morgan fingerprint density at radius 1 is 1.33 bits per heavy atom. The summed E-state index contributed by atoms with van der Waals surface area (Å²) in [5, 5.41) is 8.50. The fourth-order valence-electron chi connectivity index (χ4n) is 0.706. The molecule has 0 amide bonds. The highest BCUT2D eigenvalue weighted by Gasteiger charge is 1.93. The predicted molar refractivity (Wildman–Crippen MR) is 54.7 cm³/mol. The zero-order chi connectivity index (χ0) is 9.23. The SMILES string of the molecule is CC(C)COCCSCCCO. The van der Waals surface area contributed by atoms with Crippen LogP contribution >= 0.6 is 11.8 Å². The normalized spacial score (nSPS) is 11.0. The Kier molecular flexibility index (Phi) is 9.57. The molecule has 0 aliphatic rings. The molecule has 3 heteroatoms. The van der Waals surface area contributed by atoms with Gasteiger partial charge in [-0.1, -0.05) is 13.8 Å². The van der Waals surface area contributed by atoms with E-state index in [-0.39, 0.29) is 0 Å². The Labute approximate surface area is 79.7 Å². The molecule has 0 aromatic heterocycles. The first-order valence-corrected chi connectivity index (χ1v) is 5.69. The van der Waals surface area contributed by atoms with E-state index < -0.39 is 0 Å². The van der Waals surface area contributed by atoms with Crippen LogP contribution in [0, 0.1) is 5.92 Å². The fourth-order valence-corrected chi connectivity index (χ4v) is 1.48. The van der Waals surface area contributed by atoms with Gasteiger partial charge in [0, 0.05) is 19.0 Å². The Balaban J connectivity index is 2.82. The lowest BCUT2D eigenvalue weighted by atomic mass is 10.2. The first-order chi connectivity index (χ1) is 5.77. The van der Waals surface area contributed by atoms with E-state index in [9.17, 15) is 0 Å². The minimum Gasteiger partial charge on any atom is -0.396 e. The fraction of sp³-hybridized carbons (Fsp3) is 1.00. The van der Waals surface area contributed by atoms with E-state index in [1.54, 1.807) is 0 Å². The molecule has 0 rings (SSSR count). The van der Waals surface area contributed by atoms with Crippen LogP contribution in [0.1, 0.15) is 20.3 Å². The summed E-state index contributed by atoms with van der Waals surface area (Å²) in [6, 6.07) is 0. The molecule has 0 bridgehead atoms. The van der Waals surface area contributed by atoms with Gasteiger partial charge in [0.2, 0.25) is 0 Å². The van der Waals surface area contributed by atoms with Gasteiger partial charge in [-0.25, -0.2) is 0 Å². The van der Waals surface area contributed by atoms with Crippen molar-refractivity contribution in [1.82, 2.24) is 0 Å². The van der Waals surface area contributed by atoms with Crippen molar-refractivity contribution in [3.05, 3.63) is 0 Å². The molecule has 0 aliphatic carbocycles. The van der Waals surface area contributed by atoms with Crippen LogP contribution in [-0.2, 0) is 4.74 Å². The van der Waals surface area contributed by atoms with E-state index in [1.807, 2.05) is 11.8 Å². The van der Waals surface area contributed by atoms with Crippen LogP contribution in [0.4, 0.5) is 0 Å². The van der Waals surface area contributed by atoms with E-state index >= 15 is 0 Å². The highest BCUT2D eigenvalue weighted by atomic mass is 32.2. The number of aliphatic hydroxyl groups is 1. The molecular formula is C9H20O2S. The minimum atomic E-state index is 0.305. The number of hydrogen-bond donors (Lipinski definition) is 1. The van der Waals surface area contributed by atoms with E-state index in [0.29, 0.717) is 12.5 Å². The standard InChI is InChI=1S/C9H20O2S/c1-9(2)8-11-5-7-12-6-3-4-10/h9-10H,3-8H2,1-2H3. The van der Waals surface area contributed by atoms with E-state index in [2.05, 4.69) is 13.8 Å². The van der Waals surface area contributed by atoms with Crippen LogP contribution < -0.4 is 0 Å². The number of thioether (sulfide) groups is 1. The van der Waals surface area contributed by atoms with Crippen molar-refractivity contribution in [3.63, 3.8) is 0 Å². The van der Waals surface area contributed by atoms with Gasteiger partial charge in [-0.15, -0.1) is 0 Å². The molecule has 0 fully saturated rings. The molecule has 0 aliphatic heterocycles. The molecule has 12 heavy (non-hydrogen) atoms. The third-order valence-electron chi connectivity index (χ3n) is 1.27. The van der Waals surface area contributed by atoms with Gasteiger partial charge in [0.05, 0.1) is 6.61 Å². The van der Waals surface area contributed by atoms with Gasteiger partial charge >= 0.3 is 0 Å². The van der Waals surface area contributed by atoms with Gasteiger partial charge < -0.3 is 9.84 Å². The van der Waals surface area contributed by atoms with Gasteiger partial charge in [-0.2, -0.15) is 11.8 Å². The second-order valence-corrected chi connectivity index (χ2v) is 4.38. The quantitative estimate of drug-likeness (QED) is 0.594. The summed E-state index contributed by atoms with van der Waals surface area (Å²) in [4.78, 5) is 0. The first-order valence-electron chi connectivity index (χ1n) is 4.53. The average Bonchev–Trinajstić information content (AvgIpc) is 2.02. The Morgan fingerprint density at radius 3 is 2.67 bits per heavy atom. The van der Waals surface area contributed by atoms with E-state index in [4.69, 9.17) is 9.84 Å². The third-order valence-corrected chi connectivity index (χ3v) is 2.30. The largest absolute Gasteiger partial charge is 0.396 e. The van der Waals surface area contributed by atoms with Gasteiger partial charge in [-0.05, 0) is 18.1 Å². The second-order valence-electron chi connectivity index (χ2n) is 3.16. The molecule has 0 aromatic carbocycles. The van der Waals surface area contributed by atoms with Crippen molar-refractivity contribution in [2.45, 2.75) is 20.3 Å². The van der Waals surface area contributed by atoms with Crippen LogP contribution in [0.2, 0.25) is 0 Å². The molecule has 0 aromatic rings. The maximum atomic E-state index is 8.50. The first kappa shape index (κ1) is 12.3. The summed E-state index contributed by atoms with van der Waals surface area (Å²) in [5.41, 5.74) is 0. The zero-order valence-electron chi connectivity index (χ0n) is 8.08. The van der Waals surface area contributed by atoms with Crippen molar-refractivity contribution in [3.8, 4) is 0 Å². The van der Waals surface area contributed by atoms with Crippen LogP contribution in [0.15, 0.2) is 0 Å². The number of rotatable bonds is 8. The lowest BCUT2D eigenvalue weighted by Crippen LogP contribution is -2.05. The molecule has 0 spiro atoms. The van der Waals surface area contributed by atoms with E-state index in [1.165, 1.54) is 0 Å². The molecule has 0 radical (unpaired) electrons. The minimum absolute atomic E-state index is 0.305. The topological polar surface area (TPSA) is 29.5 Å². The van der Waals surface area contributed by atoms with Crippen LogP contribution in [-0.4, -0.2) is 36.4 Å². The second kappa shape index (κ2) is 9.36. The summed E-state index contributed by atoms with van der Waals surface area (Å²) in [7, 11) is 0. The van der Waals surface area contributed by atoms with Crippen molar-refractivity contribution in [2.24, 2.45) is 5.92 Å².